The third-order valence-corrected chi connectivity index (χ3v) is 5.94. The van der Waals surface area contributed by atoms with E-state index in [4.69, 9.17) is 9.47 Å². The minimum atomic E-state index is -0.514. The summed E-state index contributed by atoms with van der Waals surface area (Å²) in [4.78, 5) is 27.2. The van der Waals surface area contributed by atoms with E-state index in [1.165, 1.54) is 18.2 Å². The fourth-order valence-electron chi connectivity index (χ4n) is 4.03. The molecule has 0 N–H and O–H groups in total. The van der Waals surface area contributed by atoms with Gasteiger partial charge in [0.25, 0.3) is 5.91 Å². The molecule has 1 aliphatic rings. The minimum absolute atomic E-state index is 0.217. The van der Waals surface area contributed by atoms with Gasteiger partial charge in [0, 0.05) is 36.4 Å². The molecule has 0 saturated carbocycles. The lowest BCUT2D eigenvalue weighted by Gasteiger charge is -2.16. The number of allylic oxidation sites excluding steroid dienone is 1. The maximum atomic E-state index is 13.2. The topological polar surface area (TPSA) is 60.8 Å². The molecule has 6 heteroatoms. The summed E-state index contributed by atoms with van der Waals surface area (Å²) in [6.07, 6.45) is 1.80. The number of carbonyl (C=O) groups is 2. The smallest absolute Gasteiger partial charge is 0.340 e. The van der Waals surface area contributed by atoms with Crippen molar-refractivity contribution in [2.45, 2.75) is 34.6 Å². The zero-order chi connectivity index (χ0) is 22.9. The largest absolute Gasteiger partial charge is 0.465 e. The summed E-state index contributed by atoms with van der Waals surface area (Å²) in [5.41, 5.74) is 7.71. The molecule has 2 aromatic rings. The number of aryl methyl sites for hydroxylation is 3. The van der Waals surface area contributed by atoms with E-state index in [1.54, 1.807) is 25.0 Å². The van der Waals surface area contributed by atoms with Gasteiger partial charge in [-0.3, -0.25) is 4.79 Å². The van der Waals surface area contributed by atoms with Gasteiger partial charge in [0.05, 0.1) is 24.9 Å². The molecule has 31 heavy (non-hydrogen) atoms. The summed E-state index contributed by atoms with van der Waals surface area (Å²) in [6, 6.07) is 8.39. The summed E-state index contributed by atoms with van der Waals surface area (Å²) >= 11 is 0. The Kier molecular flexibility index (Phi) is 6.51. The molecular weight excluding hydrogens is 392 g/mol. The highest BCUT2D eigenvalue weighted by Gasteiger charge is 2.37. The number of esters is 1. The molecule has 0 unspecified atom stereocenters. The molecule has 1 amide bonds. The number of aromatic nitrogens is 1. The third kappa shape index (κ3) is 4.08. The first kappa shape index (κ1) is 22.6. The first-order valence-electron chi connectivity index (χ1n) is 10.3. The molecule has 0 aliphatic carbocycles. The average molecular weight is 423 g/mol. The van der Waals surface area contributed by atoms with Crippen LogP contribution in [0.4, 0.5) is 0 Å². The van der Waals surface area contributed by atoms with E-state index >= 15 is 0 Å². The Hall–Kier alpha value is -3.12. The maximum Gasteiger partial charge on any atom is 0.340 e. The van der Waals surface area contributed by atoms with Gasteiger partial charge in [-0.25, -0.2) is 4.79 Å². The lowest BCUT2D eigenvalue weighted by atomic mass is 10.0. The molecular formula is C25H30N2O4. The molecule has 3 rings (SSSR count). The second kappa shape index (κ2) is 8.94. The van der Waals surface area contributed by atoms with Crippen LogP contribution in [0.15, 0.2) is 41.1 Å². The van der Waals surface area contributed by atoms with Gasteiger partial charge < -0.3 is 18.9 Å². The third-order valence-electron chi connectivity index (χ3n) is 5.94. The Bertz CT molecular complexity index is 1100. The number of hydrogen-bond donors (Lipinski definition) is 0. The fourth-order valence-corrected chi connectivity index (χ4v) is 4.03. The van der Waals surface area contributed by atoms with Crippen molar-refractivity contribution in [1.82, 2.24) is 9.47 Å². The monoisotopic (exact) mass is 422 g/mol. The summed E-state index contributed by atoms with van der Waals surface area (Å²) < 4.78 is 12.3. The van der Waals surface area contributed by atoms with Crippen molar-refractivity contribution < 1.29 is 19.1 Å². The number of carbonyl (C=O) groups excluding carboxylic acids is 2. The van der Waals surface area contributed by atoms with Crippen molar-refractivity contribution in [1.29, 1.82) is 0 Å². The van der Waals surface area contributed by atoms with E-state index in [2.05, 4.69) is 36.6 Å². The van der Waals surface area contributed by atoms with Crippen molar-refractivity contribution in [3.8, 4) is 5.69 Å². The number of rotatable bonds is 6. The number of nitrogens with zero attached hydrogens (tertiary/aromatic N) is 2. The van der Waals surface area contributed by atoms with E-state index in [0.29, 0.717) is 30.0 Å². The maximum absolute atomic E-state index is 13.2. The van der Waals surface area contributed by atoms with E-state index in [-0.39, 0.29) is 5.91 Å². The van der Waals surface area contributed by atoms with Crippen LogP contribution in [0.2, 0.25) is 0 Å². The highest BCUT2D eigenvalue weighted by molar-refractivity contribution is 6.16. The Labute approximate surface area is 183 Å². The number of benzene rings is 1. The first-order chi connectivity index (χ1) is 14.7. The molecule has 164 valence electrons. The van der Waals surface area contributed by atoms with Gasteiger partial charge >= 0.3 is 5.97 Å². The number of amides is 1. The molecule has 1 aromatic heterocycles. The number of ether oxygens (including phenoxy) is 2. The van der Waals surface area contributed by atoms with E-state index in [1.807, 2.05) is 19.9 Å². The predicted molar refractivity (Wildman–Crippen MR) is 121 cm³/mol. The first-order valence-corrected chi connectivity index (χ1v) is 10.3. The fraction of sp³-hybridized carbons (Fsp3) is 0.360. The molecule has 1 aliphatic heterocycles. The second-order valence-electron chi connectivity index (χ2n) is 7.89. The van der Waals surface area contributed by atoms with Crippen molar-refractivity contribution in [3.05, 3.63) is 69.2 Å². The molecule has 2 heterocycles. The van der Waals surface area contributed by atoms with Gasteiger partial charge in [0.1, 0.15) is 0 Å². The Morgan fingerprint density at radius 2 is 1.74 bits per heavy atom. The SMILES string of the molecule is COCCN1C(=O)/C(=C/c2cc(C)n(-c3ccc(C)c(C)c3)c2C)C(C(=O)OC)=C1C. The van der Waals surface area contributed by atoms with E-state index in [0.717, 1.165) is 22.6 Å². The lowest BCUT2D eigenvalue weighted by Crippen LogP contribution is -2.28. The molecule has 0 saturated heterocycles. The normalized spacial score (nSPS) is 15.4. The van der Waals surface area contributed by atoms with Crippen LogP contribution in [0.3, 0.4) is 0 Å². The zero-order valence-corrected chi connectivity index (χ0v) is 19.3. The quantitative estimate of drug-likeness (QED) is 0.521. The van der Waals surface area contributed by atoms with Crippen LogP contribution < -0.4 is 0 Å². The van der Waals surface area contributed by atoms with Crippen LogP contribution in [0.5, 0.6) is 0 Å². The number of hydrogen-bond acceptors (Lipinski definition) is 4. The Balaban J connectivity index is 2.10. The van der Waals surface area contributed by atoms with E-state index in [9.17, 15) is 9.59 Å². The van der Waals surface area contributed by atoms with Crippen LogP contribution in [0.1, 0.15) is 35.0 Å². The highest BCUT2D eigenvalue weighted by atomic mass is 16.5. The number of methoxy groups -OCH3 is 2. The summed E-state index contributed by atoms with van der Waals surface area (Å²) in [6.45, 7) is 10.8. The summed E-state index contributed by atoms with van der Waals surface area (Å²) in [5.74, 6) is -0.731. The van der Waals surface area contributed by atoms with E-state index < -0.39 is 5.97 Å². The Morgan fingerprint density at radius 1 is 1.03 bits per heavy atom. The van der Waals surface area contributed by atoms with Crippen molar-refractivity contribution in [2.75, 3.05) is 27.4 Å². The molecule has 0 bridgehead atoms. The standard InChI is InChI=1S/C25H30N2O4/c1-15-8-9-21(12-16(15)2)27-17(3)13-20(18(27)4)14-22-23(25(29)31-7)19(5)26(24(22)28)10-11-30-6/h8-9,12-14H,10-11H2,1-7H3/b22-14+. The predicted octanol–water partition coefficient (Wildman–Crippen LogP) is 4.03. The van der Waals surface area contributed by atoms with Gasteiger partial charge in [-0.05, 0) is 75.6 Å². The lowest BCUT2D eigenvalue weighted by molar-refractivity contribution is -0.136. The van der Waals surface area contributed by atoms with Crippen LogP contribution in [0.25, 0.3) is 11.8 Å². The summed E-state index contributed by atoms with van der Waals surface area (Å²) in [7, 11) is 2.91. The molecule has 0 spiro atoms. The minimum Gasteiger partial charge on any atom is -0.465 e. The molecule has 0 atom stereocenters. The van der Waals surface area contributed by atoms with Gasteiger partial charge in [-0.1, -0.05) is 6.07 Å². The molecule has 1 aromatic carbocycles. The van der Waals surface area contributed by atoms with Crippen molar-refractivity contribution >= 4 is 18.0 Å². The van der Waals surface area contributed by atoms with Crippen LogP contribution in [-0.4, -0.2) is 48.7 Å². The van der Waals surface area contributed by atoms with Crippen LogP contribution in [-0.2, 0) is 19.1 Å². The molecule has 0 radical (unpaired) electrons. The van der Waals surface area contributed by atoms with Gasteiger partial charge in [-0.15, -0.1) is 0 Å². The van der Waals surface area contributed by atoms with Crippen molar-refractivity contribution in [3.63, 3.8) is 0 Å². The van der Waals surface area contributed by atoms with Gasteiger partial charge in [0.2, 0.25) is 0 Å². The highest BCUT2D eigenvalue weighted by Crippen LogP contribution is 2.33. The van der Waals surface area contributed by atoms with Crippen LogP contribution >= 0.6 is 0 Å². The van der Waals surface area contributed by atoms with Crippen molar-refractivity contribution in [2.24, 2.45) is 0 Å². The Morgan fingerprint density at radius 3 is 2.35 bits per heavy atom. The molecule has 0 fully saturated rings. The second-order valence-corrected chi connectivity index (χ2v) is 7.89. The summed E-state index contributed by atoms with van der Waals surface area (Å²) in [5, 5.41) is 0. The average Bonchev–Trinajstić information content (AvgIpc) is 3.14. The zero-order valence-electron chi connectivity index (χ0n) is 19.3. The van der Waals surface area contributed by atoms with Crippen LogP contribution in [0, 0.1) is 27.7 Å². The van der Waals surface area contributed by atoms with Gasteiger partial charge in [0.15, 0.2) is 0 Å². The van der Waals surface area contributed by atoms with Gasteiger partial charge in [-0.2, -0.15) is 0 Å². The molecule has 6 nitrogen and oxygen atoms in total.